The molecule has 1 aromatic heterocycles. The summed E-state index contributed by atoms with van der Waals surface area (Å²) in [6, 6.07) is 17.5. The summed E-state index contributed by atoms with van der Waals surface area (Å²) < 4.78 is 1.46. The van der Waals surface area contributed by atoms with E-state index in [0.29, 0.717) is 4.88 Å². The second-order valence-electron chi connectivity index (χ2n) is 5.18. The van der Waals surface area contributed by atoms with Gasteiger partial charge in [-0.05, 0) is 23.8 Å². The molecule has 2 aromatic carbocycles. The number of aromatic hydroxyl groups is 1. The molecule has 5 nitrogen and oxygen atoms in total. The van der Waals surface area contributed by atoms with Crippen molar-refractivity contribution < 1.29 is 15.0 Å². The van der Waals surface area contributed by atoms with Gasteiger partial charge in [0.25, 0.3) is 0 Å². The summed E-state index contributed by atoms with van der Waals surface area (Å²) in [5, 5.41) is 19.1. The van der Waals surface area contributed by atoms with Crippen molar-refractivity contribution in [1.29, 1.82) is 0 Å². The van der Waals surface area contributed by atoms with Gasteiger partial charge in [-0.3, -0.25) is 14.4 Å². The highest BCUT2D eigenvalue weighted by Gasteiger charge is 2.13. The van der Waals surface area contributed by atoms with Gasteiger partial charge in [-0.15, -0.1) is 0 Å². The third kappa shape index (κ3) is 3.84. The van der Waals surface area contributed by atoms with Gasteiger partial charge in [0.2, 0.25) is 5.88 Å². The molecule has 3 rings (SSSR count). The summed E-state index contributed by atoms with van der Waals surface area (Å²) in [5.74, 6) is -1.25. The molecule has 0 atom stereocenters. The minimum Gasteiger partial charge on any atom is -0.493 e. The Morgan fingerprint density at radius 1 is 1.16 bits per heavy atom. The van der Waals surface area contributed by atoms with E-state index in [-0.39, 0.29) is 16.4 Å². The van der Waals surface area contributed by atoms with Crippen LogP contribution >= 0.6 is 23.6 Å². The molecule has 0 aliphatic rings. The summed E-state index contributed by atoms with van der Waals surface area (Å²) in [6.07, 6.45) is 1.51. The molecular formula is C18H14N2O3S2. The maximum Gasteiger partial charge on any atom is 0.323 e. The van der Waals surface area contributed by atoms with E-state index in [1.807, 2.05) is 54.6 Å². The lowest BCUT2D eigenvalue weighted by molar-refractivity contribution is -0.137. The Morgan fingerprint density at radius 3 is 2.56 bits per heavy atom. The molecule has 0 amide bonds. The van der Waals surface area contributed by atoms with Crippen molar-refractivity contribution in [2.24, 2.45) is 4.99 Å². The first-order valence-electron chi connectivity index (χ1n) is 7.39. The predicted molar refractivity (Wildman–Crippen MR) is 102 cm³/mol. The predicted octanol–water partition coefficient (Wildman–Crippen LogP) is 4.49. The van der Waals surface area contributed by atoms with E-state index in [9.17, 15) is 9.90 Å². The first kappa shape index (κ1) is 17.1. The van der Waals surface area contributed by atoms with Crippen molar-refractivity contribution in [2.75, 3.05) is 0 Å². The number of aliphatic carboxylic acids is 1. The van der Waals surface area contributed by atoms with Crippen LogP contribution in [0.4, 0.5) is 5.69 Å². The number of aliphatic imine (C=N–C) groups is 1. The molecule has 0 saturated carbocycles. The average molecular weight is 370 g/mol. The lowest BCUT2D eigenvalue weighted by atomic mass is 10.0. The van der Waals surface area contributed by atoms with Crippen LogP contribution in [0.15, 0.2) is 59.6 Å². The number of carboxylic acids is 1. The Morgan fingerprint density at radius 2 is 1.84 bits per heavy atom. The third-order valence-corrected chi connectivity index (χ3v) is 4.87. The molecule has 2 N–H and O–H groups in total. The lowest BCUT2D eigenvalue weighted by Gasteiger charge is -2.05. The monoisotopic (exact) mass is 370 g/mol. The number of nitrogens with zero attached hydrogens (tertiary/aromatic N) is 2. The first-order chi connectivity index (χ1) is 12.1. The first-order valence-corrected chi connectivity index (χ1v) is 8.61. The molecule has 0 radical (unpaired) electrons. The summed E-state index contributed by atoms with van der Waals surface area (Å²) in [7, 11) is 0. The minimum absolute atomic E-state index is 0.182. The number of carbonyl (C=O) groups is 1. The van der Waals surface area contributed by atoms with E-state index in [1.54, 1.807) is 0 Å². The molecule has 0 saturated heterocycles. The van der Waals surface area contributed by atoms with Crippen molar-refractivity contribution in [3.05, 3.63) is 63.4 Å². The summed E-state index contributed by atoms with van der Waals surface area (Å²) >= 11 is 6.23. The molecule has 0 unspecified atom stereocenters. The molecular weight excluding hydrogens is 356 g/mol. The molecule has 25 heavy (non-hydrogen) atoms. The fourth-order valence-electron chi connectivity index (χ4n) is 2.35. The van der Waals surface area contributed by atoms with Gasteiger partial charge in [0.15, 0.2) is 3.95 Å². The number of carboxylic acid groups (broad SMARTS) is 1. The van der Waals surface area contributed by atoms with Crippen LogP contribution < -0.4 is 0 Å². The Hall–Kier alpha value is -2.77. The van der Waals surface area contributed by atoms with Gasteiger partial charge in [0.1, 0.15) is 11.4 Å². The molecule has 3 aromatic rings. The van der Waals surface area contributed by atoms with Crippen LogP contribution in [0.25, 0.3) is 11.1 Å². The van der Waals surface area contributed by atoms with Gasteiger partial charge in [-0.2, -0.15) is 0 Å². The number of rotatable bonds is 5. The lowest BCUT2D eigenvalue weighted by Crippen LogP contribution is -2.08. The number of aromatic nitrogens is 1. The minimum atomic E-state index is -1.07. The second-order valence-corrected chi connectivity index (χ2v) is 6.85. The van der Waals surface area contributed by atoms with E-state index >= 15 is 0 Å². The highest BCUT2D eigenvalue weighted by Crippen LogP contribution is 2.31. The maximum atomic E-state index is 10.9. The van der Waals surface area contributed by atoms with Crippen molar-refractivity contribution in [2.45, 2.75) is 6.54 Å². The topological polar surface area (TPSA) is 74.8 Å². The van der Waals surface area contributed by atoms with Gasteiger partial charge in [0.05, 0.1) is 11.9 Å². The van der Waals surface area contributed by atoms with Crippen molar-refractivity contribution in [3.63, 3.8) is 0 Å². The molecule has 126 valence electrons. The zero-order valence-corrected chi connectivity index (χ0v) is 14.6. The number of benzene rings is 2. The Kier molecular flexibility index (Phi) is 5.06. The maximum absolute atomic E-state index is 10.9. The highest BCUT2D eigenvalue weighted by atomic mass is 32.1. The van der Waals surface area contributed by atoms with Gasteiger partial charge in [-0.1, -0.05) is 59.9 Å². The van der Waals surface area contributed by atoms with E-state index in [2.05, 4.69) is 4.99 Å². The third-order valence-electron chi connectivity index (χ3n) is 3.50. The van der Waals surface area contributed by atoms with Crippen LogP contribution in [-0.4, -0.2) is 27.0 Å². The van der Waals surface area contributed by atoms with E-state index in [4.69, 9.17) is 17.3 Å². The van der Waals surface area contributed by atoms with Crippen LogP contribution in [0.5, 0.6) is 5.88 Å². The van der Waals surface area contributed by atoms with Gasteiger partial charge < -0.3 is 10.2 Å². The molecule has 0 aliphatic carbocycles. The fraction of sp³-hybridized carbons (Fsp3) is 0.0556. The Bertz CT molecular complexity index is 991. The summed E-state index contributed by atoms with van der Waals surface area (Å²) in [5.41, 5.74) is 2.75. The largest absolute Gasteiger partial charge is 0.493 e. The molecule has 7 heteroatoms. The zero-order valence-electron chi connectivity index (χ0n) is 13.0. The van der Waals surface area contributed by atoms with E-state index in [1.165, 1.54) is 10.8 Å². The number of hydrogen-bond donors (Lipinski definition) is 2. The van der Waals surface area contributed by atoms with Crippen molar-refractivity contribution in [3.8, 4) is 17.0 Å². The van der Waals surface area contributed by atoms with Gasteiger partial charge in [0, 0.05) is 5.56 Å². The SMILES string of the molecule is O=C(O)Cn1c(O)c(C=Nc2ccccc2-c2ccccc2)sc1=S. The quantitative estimate of drug-likeness (QED) is 0.513. The zero-order chi connectivity index (χ0) is 17.8. The molecule has 1 heterocycles. The van der Waals surface area contributed by atoms with Crippen molar-refractivity contribution >= 4 is 41.4 Å². The highest BCUT2D eigenvalue weighted by molar-refractivity contribution is 7.73. The number of para-hydroxylation sites is 1. The smallest absolute Gasteiger partial charge is 0.323 e. The van der Waals surface area contributed by atoms with Crippen LogP contribution in [0, 0.1) is 3.95 Å². The standard InChI is InChI=1S/C18H14N2O3S2/c21-16(22)11-20-17(23)15(25-18(20)24)10-19-14-9-5-4-8-13(14)12-6-2-1-3-7-12/h1-10,23H,11H2,(H,21,22). The fourth-order valence-corrected chi connectivity index (χ4v) is 3.53. The second kappa shape index (κ2) is 7.42. The molecule has 0 aliphatic heterocycles. The van der Waals surface area contributed by atoms with E-state index in [0.717, 1.165) is 28.2 Å². The van der Waals surface area contributed by atoms with Crippen LogP contribution in [-0.2, 0) is 11.3 Å². The number of thiazole rings is 1. The van der Waals surface area contributed by atoms with E-state index < -0.39 is 5.97 Å². The average Bonchev–Trinajstić information content (AvgIpc) is 2.88. The Balaban J connectivity index is 1.97. The van der Waals surface area contributed by atoms with Crippen LogP contribution in [0.3, 0.4) is 0 Å². The van der Waals surface area contributed by atoms with Crippen LogP contribution in [0.1, 0.15) is 4.88 Å². The summed E-state index contributed by atoms with van der Waals surface area (Å²) in [6.45, 7) is -0.379. The van der Waals surface area contributed by atoms with Gasteiger partial charge >= 0.3 is 5.97 Å². The normalized spacial score (nSPS) is 11.0. The van der Waals surface area contributed by atoms with Gasteiger partial charge in [-0.25, -0.2) is 0 Å². The molecule has 0 fully saturated rings. The Labute approximate surface area is 153 Å². The number of hydrogen-bond acceptors (Lipinski definition) is 5. The molecule has 0 bridgehead atoms. The van der Waals surface area contributed by atoms with Crippen molar-refractivity contribution in [1.82, 2.24) is 4.57 Å². The molecule has 0 spiro atoms. The summed E-state index contributed by atoms with van der Waals surface area (Å²) in [4.78, 5) is 15.7. The van der Waals surface area contributed by atoms with Crippen LogP contribution in [0.2, 0.25) is 0 Å².